The van der Waals surface area contributed by atoms with Crippen LogP contribution in [-0.2, 0) is 22.4 Å². The van der Waals surface area contributed by atoms with Gasteiger partial charge in [0.05, 0.1) is 12.1 Å². The van der Waals surface area contributed by atoms with Crippen molar-refractivity contribution < 1.29 is 9.59 Å². The Labute approximate surface area is 119 Å². The predicted octanol–water partition coefficient (Wildman–Crippen LogP) is 2.51. The largest absolute Gasteiger partial charge is 0.326 e. The lowest BCUT2D eigenvalue weighted by molar-refractivity contribution is -0.118. The third-order valence-electron chi connectivity index (χ3n) is 3.89. The maximum absolute atomic E-state index is 12.0. The van der Waals surface area contributed by atoms with Crippen molar-refractivity contribution in [2.45, 2.75) is 39.5 Å². The molecule has 0 aromatic heterocycles. The molecule has 0 radical (unpaired) electrons. The van der Waals surface area contributed by atoms with Crippen LogP contribution in [0.2, 0.25) is 0 Å². The molecule has 2 aliphatic rings. The Morgan fingerprint density at radius 1 is 1.35 bits per heavy atom. The van der Waals surface area contributed by atoms with Crippen molar-refractivity contribution in [3.63, 3.8) is 0 Å². The molecule has 20 heavy (non-hydrogen) atoms. The molecule has 0 aliphatic carbocycles. The van der Waals surface area contributed by atoms with Crippen LogP contribution in [0.1, 0.15) is 37.8 Å². The van der Waals surface area contributed by atoms with Crippen LogP contribution < -0.4 is 10.2 Å². The zero-order chi connectivity index (χ0) is 14.3. The molecule has 4 heteroatoms. The van der Waals surface area contributed by atoms with E-state index in [0.29, 0.717) is 18.8 Å². The molecule has 0 fully saturated rings. The van der Waals surface area contributed by atoms with Crippen LogP contribution in [0.25, 0.3) is 0 Å². The lowest BCUT2D eigenvalue weighted by atomic mass is 9.99. The van der Waals surface area contributed by atoms with Gasteiger partial charge >= 0.3 is 0 Å². The fourth-order valence-electron chi connectivity index (χ4n) is 3.13. The van der Waals surface area contributed by atoms with Crippen molar-refractivity contribution in [1.29, 1.82) is 0 Å². The summed E-state index contributed by atoms with van der Waals surface area (Å²) < 4.78 is 0. The van der Waals surface area contributed by atoms with Gasteiger partial charge in [0.1, 0.15) is 0 Å². The third kappa shape index (κ3) is 2.30. The Kier molecular flexibility index (Phi) is 3.24. The second-order valence-electron chi connectivity index (χ2n) is 6.11. The molecular weight excluding hydrogens is 252 g/mol. The Balaban J connectivity index is 1.87. The van der Waals surface area contributed by atoms with Crippen LogP contribution in [0.3, 0.4) is 0 Å². The Hall–Kier alpha value is -1.84. The third-order valence-corrected chi connectivity index (χ3v) is 3.89. The zero-order valence-electron chi connectivity index (χ0n) is 12.0. The first kappa shape index (κ1) is 13.2. The molecule has 3 rings (SSSR count). The molecule has 2 amide bonds. The number of hydrogen-bond acceptors (Lipinski definition) is 2. The van der Waals surface area contributed by atoms with E-state index in [4.69, 9.17) is 0 Å². The summed E-state index contributed by atoms with van der Waals surface area (Å²) in [7, 11) is 0. The first-order valence-corrected chi connectivity index (χ1v) is 7.30. The van der Waals surface area contributed by atoms with E-state index in [0.717, 1.165) is 36.3 Å². The summed E-state index contributed by atoms with van der Waals surface area (Å²) in [6, 6.07) is 3.99. The van der Waals surface area contributed by atoms with Crippen LogP contribution in [0.4, 0.5) is 11.4 Å². The van der Waals surface area contributed by atoms with Crippen LogP contribution in [0, 0.1) is 5.92 Å². The minimum absolute atomic E-state index is 0.0455. The average Bonchev–Trinajstić information content (AvgIpc) is 2.67. The fourth-order valence-corrected chi connectivity index (χ4v) is 3.13. The van der Waals surface area contributed by atoms with Gasteiger partial charge in [0.15, 0.2) is 0 Å². The van der Waals surface area contributed by atoms with E-state index >= 15 is 0 Å². The molecule has 106 valence electrons. The molecule has 2 aliphatic heterocycles. The molecule has 0 unspecified atom stereocenters. The van der Waals surface area contributed by atoms with Crippen molar-refractivity contribution in [3.05, 3.63) is 23.3 Å². The molecular formula is C16H20N2O2. The van der Waals surface area contributed by atoms with Gasteiger partial charge in [0.2, 0.25) is 11.8 Å². The maximum atomic E-state index is 12.0. The second-order valence-corrected chi connectivity index (χ2v) is 6.11. The highest BCUT2D eigenvalue weighted by Gasteiger charge is 2.32. The highest BCUT2D eigenvalue weighted by molar-refractivity contribution is 6.03. The second kappa shape index (κ2) is 4.93. The molecule has 4 nitrogen and oxygen atoms in total. The van der Waals surface area contributed by atoms with Crippen LogP contribution in [-0.4, -0.2) is 18.4 Å². The molecule has 1 aromatic carbocycles. The summed E-state index contributed by atoms with van der Waals surface area (Å²) in [6.45, 7) is 4.89. The van der Waals surface area contributed by atoms with Gasteiger partial charge in [0.25, 0.3) is 0 Å². The number of carbonyl (C=O) groups excluding carboxylic acids is 2. The average molecular weight is 272 g/mol. The van der Waals surface area contributed by atoms with Crippen molar-refractivity contribution in [2.75, 3.05) is 16.8 Å². The van der Waals surface area contributed by atoms with Gasteiger partial charge in [-0.25, -0.2) is 0 Å². The number of aryl methyl sites for hydroxylation is 1. The summed E-state index contributed by atoms with van der Waals surface area (Å²) in [6.07, 6.45) is 2.98. The zero-order valence-corrected chi connectivity index (χ0v) is 12.0. The number of amides is 2. The minimum atomic E-state index is 0.0455. The minimum Gasteiger partial charge on any atom is -0.326 e. The van der Waals surface area contributed by atoms with Crippen molar-refractivity contribution >= 4 is 23.2 Å². The smallest absolute Gasteiger partial charge is 0.231 e. The van der Waals surface area contributed by atoms with Gasteiger partial charge < -0.3 is 10.2 Å². The number of carbonyl (C=O) groups is 2. The Morgan fingerprint density at radius 2 is 2.10 bits per heavy atom. The van der Waals surface area contributed by atoms with Gasteiger partial charge in [-0.15, -0.1) is 0 Å². The van der Waals surface area contributed by atoms with Gasteiger partial charge in [-0.3, -0.25) is 9.59 Å². The van der Waals surface area contributed by atoms with E-state index in [-0.39, 0.29) is 11.8 Å². The van der Waals surface area contributed by atoms with Crippen LogP contribution in [0.5, 0.6) is 0 Å². The van der Waals surface area contributed by atoms with Gasteiger partial charge in [-0.2, -0.15) is 0 Å². The standard InChI is InChI=1S/C16H20N2O2/c1-10(2)6-14(19)17-13-7-11-4-3-5-18-15(20)9-12(8-13)16(11)18/h7-8,10H,3-6,9H2,1-2H3,(H,17,19). The monoisotopic (exact) mass is 272 g/mol. The molecule has 0 atom stereocenters. The fraction of sp³-hybridized carbons (Fsp3) is 0.500. The lowest BCUT2D eigenvalue weighted by Gasteiger charge is -2.26. The Bertz CT molecular complexity index is 578. The number of hydrogen-bond donors (Lipinski definition) is 1. The van der Waals surface area contributed by atoms with E-state index in [2.05, 4.69) is 5.32 Å². The molecule has 1 aromatic rings. The van der Waals surface area contributed by atoms with Gasteiger partial charge in [-0.1, -0.05) is 13.8 Å². The first-order valence-electron chi connectivity index (χ1n) is 7.30. The number of benzene rings is 1. The normalized spacial score (nSPS) is 16.6. The summed E-state index contributed by atoms with van der Waals surface area (Å²) >= 11 is 0. The van der Waals surface area contributed by atoms with E-state index in [1.807, 2.05) is 30.9 Å². The highest BCUT2D eigenvalue weighted by Crippen LogP contribution is 2.38. The van der Waals surface area contributed by atoms with Crippen LogP contribution in [0.15, 0.2) is 12.1 Å². The van der Waals surface area contributed by atoms with E-state index in [1.165, 1.54) is 5.56 Å². The predicted molar refractivity (Wildman–Crippen MR) is 78.9 cm³/mol. The molecule has 0 saturated heterocycles. The summed E-state index contributed by atoms with van der Waals surface area (Å²) in [5.74, 6) is 0.579. The van der Waals surface area contributed by atoms with Crippen molar-refractivity contribution in [1.82, 2.24) is 0 Å². The number of nitrogens with one attached hydrogen (secondary N) is 1. The number of nitrogens with zero attached hydrogens (tertiary/aromatic N) is 1. The molecule has 0 bridgehead atoms. The topological polar surface area (TPSA) is 49.4 Å². The SMILES string of the molecule is CC(C)CC(=O)Nc1cc2c3c(c1)CC(=O)N3CCC2. The van der Waals surface area contributed by atoms with Crippen molar-refractivity contribution in [2.24, 2.45) is 5.92 Å². The summed E-state index contributed by atoms with van der Waals surface area (Å²) in [5.41, 5.74) is 4.19. The molecule has 0 saturated carbocycles. The van der Waals surface area contributed by atoms with Crippen LogP contribution >= 0.6 is 0 Å². The lowest BCUT2D eigenvalue weighted by Crippen LogP contribution is -2.31. The summed E-state index contributed by atoms with van der Waals surface area (Å²) in [5, 5.41) is 2.96. The maximum Gasteiger partial charge on any atom is 0.231 e. The van der Waals surface area contributed by atoms with Crippen molar-refractivity contribution in [3.8, 4) is 0 Å². The Morgan fingerprint density at radius 3 is 2.85 bits per heavy atom. The number of anilines is 2. The van der Waals surface area contributed by atoms with E-state index in [1.54, 1.807) is 0 Å². The van der Waals surface area contributed by atoms with Gasteiger partial charge in [-0.05, 0) is 42.0 Å². The summed E-state index contributed by atoms with van der Waals surface area (Å²) in [4.78, 5) is 25.7. The van der Waals surface area contributed by atoms with Gasteiger partial charge in [0, 0.05) is 18.7 Å². The highest BCUT2D eigenvalue weighted by atomic mass is 16.2. The quantitative estimate of drug-likeness (QED) is 0.919. The number of rotatable bonds is 3. The van der Waals surface area contributed by atoms with E-state index < -0.39 is 0 Å². The molecule has 0 spiro atoms. The molecule has 2 heterocycles. The first-order chi connectivity index (χ1) is 9.54. The molecule has 1 N–H and O–H groups in total. The van der Waals surface area contributed by atoms with E-state index in [9.17, 15) is 9.59 Å².